The molecule has 0 saturated carbocycles. The van der Waals surface area contributed by atoms with Crippen LogP contribution in [0.3, 0.4) is 0 Å². The quantitative estimate of drug-likeness (QED) is 0.552. The summed E-state index contributed by atoms with van der Waals surface area (Å²) in [5.74, 6) is 0. The van der Waals surface area contributed by atoms with E-state index in [1.54, 1.807) is 41.9 Å². The molecule has 0 unspecified atom stereocenters. The second-order valence-corrected chi connectivity index (χ2v) is 6.43. The Kier molecular flexibility index (Phi) is 31.4. The van der Waals surface area contributed by atoms with Crippen LogP contribution in [0.4, 0.5) is 0 Å². The van der Waals surface area contributed by atoms with Crippen LogP contribution < -0.4 is 0 Å². The molecule has 0 aliphatic rings. The van der Waals surface area contributed by atoms with E-state index in [9.17, 15) is 0 Å². The molecule has 4 N–H and O–H groups in total. The largest absolute Gasteiger partial charge is 0.394 e. The van der Waals surface area contributed by atoms with Gasteiger partial charge in [-0.1, -0.05) is 0 Å². The average Bonchev–Trinajstić information content (AvgIpc) is 2.38. The Morgan fingerprint density at radius 2 is 0.826 bits per heavy atom. The summed E-state index contributed by atoms with van der Waals surface area (Å²) in [5.41, 5.74) is -0.722. The maximum absolute atomic E-state index is 8.47. The Bertz CT molecular complexity index is 169. The average molecular weight is 420 g/mol. The van der Waals surface area contributed by atoms with E-state index in [0.29, 0.717) is 0 Å². The monoisotopic (exact) mass is 418 g/mol. The summed E-state index contributed by atoms with van der Waals surface area (Å²) < 4.78 is 9.67. The van der Waals surface area contributed by atoms with Crippen LogP contribution in [0.1, 0.15) is 55.4 Å². The third kappa shape index (κ3) is 60.4. The summed E-state index contributed by atoms with van der Waals surface area (Å²) in [6, 6.07) is 0. The minimum atomic E-state index is -0.361. The van der Waals surface area contributed by atoms with Crippen LogP contribution in [-0.2, 0) is 35.7 Å². The predicted molar refractivity (Wildman–Crippen MR) is 91.1 cm³/mol. The van der Waals surface area contributed by atoms with Gasteiger partial charge in [-0.05, 0) is 55.4 Å². The van der Waals surface area contributed by atoms with Crippen LogP contribution in [0.15, 0.2) is 0 Å². The standard InChI is InChI=1S/2C5H12O2.2C3H8O.Zr/c2*1-5(2,4-6)7-3;2*1-3(2)4;/h2*6H,4H2,1-3H3;2*3-4H,1-2H3;. The predicted octanol–water partition coefficient (Wildman–Crippen LogP) is 1.58. The van der Waals surface area contributed by atoms with Gasteiger partial charge in [0.1, 0.15) is 0 Å². The number of hydrogen-bond donors (Lipinski definition) is 4. The Balaban J connectivity index is -0.0000000639. The summed E-state index contributed by atoms with van der Waals surface area (Å²) in [6.07, 6.45) is -0.333. The van der Waals surface area contributed by atoms with Gasteiger partial charge in [0, 0.05) is 52.6 Å². The van der Waals surface area contributed by atoms with Crippen molar-refractivity contribution >= 4 is 0 Å². The Labute approximate surface area is 162 Å². The van der Waals surface area contributed by atoms with Crippen LogP contribution in [0, 0.1) is 0 Å². The molecule has 0 spiro atoms. The molecule has 0 aliphatic heterocycles. The smallest absolute Gasteiger partial charge is 0.0852 e. The third-order valence-electron chi connectivity index (χ3n) is 1.87. The molecule has 7 heteroatoms. The molecule has 0 bridgehead atoms. The Morgan fingerprint density at radius 1 is 0.696 bits per heavy atom. The molecule has 0 heterocycles. The molecule has 0 aromatic heterocycles. The molecule has 144 valence electrons. The SMILES string of the molecule is CC(C)O.CC(C)O.COC(C)(C)CO.COC(C)(C)CO.[Zr]. The topological polar surface area (TPSA) is 99.4 Å². The molecule has 0 radical (unpaired) electrons. The number of ether oxygens (including phenoxy) is 2. The zero-order valence-corrected chi connectivity index (χ0v) is 19.1. The molecule has 0 aromatic rings. The van der Waals surface area contributed by atoms with E-state index in [4.69, 9.17) is 29.9 Å². The van der Waals surface area contributed by atoms with Crippen molar-refractivity contribution in [2.45, 2.75) is 78.8 Å². The molecule has 0 rings (SSSR count). The minimum absolute atomic E-state index is 0. The minimum Gasteiger partial charge on any atom is -0.394 e. The maximum atomic E-state index is 8.47. The van der Waals surface area contributed by atoms with Crippen LogP contribution in [0.25, 0.3) is 0 Å². The van der Waals surface area contributed by atoms with E-state index in [1.807, 2.05) is 27.7 Å². The first-order chi connectivity index (χ1) is 9.71. The summed E-state index contributed by atoms with van der Waals surface area (Å²) in [7, 11) is 3.16. The number of hydrogen-bond acceptors (Lipinski definition) is 6. The fraction of sp³-hybridized carbons (Fsp3) is 1.00. The van der Waals surface area contributed by atoms with Gasteiger partial charge in [-0.15, -0.1) is 0 Å². The van der Waals surface area contributed by atoms with Crippen LogP contribution in [0.5, 0.6) is 0 Å². The molecule has 6 nitrogen and oxygen atoms in total. The Hall–Kier alpha value is 0.643. The molecule has 0 atom stereocenters. The first kappa shape index (κ1) is 34.9. The van der Waals surface area contributed by atoms with Crippen molar-refractivity contribution in [1.29, 1.82) is 0 Å². The van der Waals surface area contributed by atoms with Gasteiger partial charge in [-0.3, -0.25) is 0 Å². The van der Waals surface area contributed by atoms with E-state index in [2.05, 4.69) is 0 Å². The number of aliphatic hydroxyl groups excluding tert-OH is 4. The van der Waals surface area contributed by atoms with Gasteiger partial charge in [0.15, 0.2) is 0 Å². The number of methoxy groups -OCH3 is 2. The molecule has 23 heavy (non-hydrogen) atoms. The number of aliphatic hydroxyl groups is 4. The fourth-order valence-electron chi connectivity index (χ4n) is 0.129. The van der Waals surface area contributed by atoms with E-state index < -0.39 is 0 Å². The van der Waals surface area contributed by atoms with Crippen molar-refractivity contribution < 1.29 is 56.1 Å². The fourth-order valence-corrected chi connectivity index (χ4v) is 0.129. The van der Waals surface area contributed by atoms with Crippen molar-refractivity contribution in [1.82, 2.24) is 0 Å². The van der Waals surface area contributed by atoms with Crippen molar-refractivity contribution in [3.05, 3.63) is 0 Å². The van der Waals surface area contributed by atoms with E-state index >= 15 is 0 Å². The van der Waals surface area contributed by atoms with Gasteiger partial charge in [0.25, 0.3) is 0 Å². The molecular weight excluding hydrogens is 379 g/mol. The first-order valence-corrected chi connectivity index (χ1v) is 7.39. The summed E-state index contributed by atoms with van der Waals surface area (Å²) in [6.45, 7) is 14.3. The zero-order valence-electron chi connectivity index (χ0n) is 16.7. The van der Waals surface area contributed by atoms with Gasteiger partial charge in [-0.25, -0.2) is 0 Å². The van der Waals surface area contributed by atoms with Gasteiger partial charge < -0.3 is 29.9 Å². The normalized spacial score (nSPS) is 10.4. The molecule has 0 aliphatic carbocycles. The van der Waals surface area contributed by atoms with Crippen LogP contribution in [0.2, 0.25) is 0 Å². The van der Waals surface area contributed by atoms with Crippen molar-refractivity contribution in [3.8, 4) is 0 Å². The van der Waals surface area contributed by atoms with Gasteiger partial charge in [0.2, 0.25) is 0 Å². The van der Waals surface area contributed by atoms with E-state index in [-0.39, 0.29) is 62.8 Å². The summed E-state index contributed by atoms with van der Waals surface area (Å²) >= 11 is 0. The molecule has 0 aromatic carbocycles. The van der Waals surface area contributed by atoms with Crippen molar-refractivity contribution in [2.75, 3.05) is 27.4 Å². The van der Waals surface area contributed by atoms with E-state index in [1.165, 1.54) is 0 Å². The van der Waals surface area contributed by atoms with Crippen molar-refractivity contribution in [3.63, 3.8) is 0 Å². The summed E-state index contributed by atoms with van der Waals surface area (Å²) in [5, 5.41) is 33.0. The molecular formula is C16H40O6Zr. The second-order valence-electron chi connectivity index (χ2n) is 6.43. The number of rotatable bonds is 4. The van der Waals surface area contributed by atoms with E-state index in [0.717, 1.165) is 0 Å². The summed E-state index contributed by atoms with van der Waals surface area (Å²) in [4.78, 5) is 0. The maximum Gasteiger partial charge on any atom is 0.0852 e. The molecule has 0 saturated heterocycles. The van der Waals surface area contributed by atoms with Gasteiger partial charge in [0.05, 0.1) is 24.4 Å². The van der Waals surface area contributed by atoms with Gasteiger partial charge >= 0.3 is 0 Å². The molecule has 0 amide bonds. The van der Waals surface area contributed by atoms with Crippen molar-refractivity contribution in [2.24, 2.45) is 0 Å². The third-order valence-corrected chi connectivity index (χ3v) is 1.87. The van der Waals surface area contributed by atoms with Gasteiger partial charge in [-0.2, -0.15) is 0 Å². The Morgan fingerprint density at radius 3 is 0.826 bits per heavy atom. The molecule has 0 fully saturated rings. The zero-order chi connectivity index (χ0) is 19.0. The first-order valence-electron chi connectivity index (χ1n) is 7.39. The van der Waals surface area contributed by atoms with Crippen LogP contribution in [-0.4, -0.2) is 71.3 Å². The second kappa shape index (κ2) is 20.7. The van der Waals surface area contributed by atoms with Crippen LogP contribution >= 0.6 is 0 Å².